The second-order valence-corrected chi connectivity index (χ2v) is 2.12. The molecule has 64 valence electrons. The van der Waals surface area contributed by atoms with Gasteiger partial charge in [0.2, 0.25) is 0 Å². The molecular weight excluding hydrogens is 174 g/mol. The summed E-state index contributed by atoms with van der Waals surface area (Å²) in [5.41, 5.74) is -0.573. The first kappa shape index (κ1) is 8.80. The van der Waals surface area contributed by atoms with Gasteiger partial charge in [0, 0.05) is 6.07 Å². The number of carbonyl (C=O) groups excluding carboxylic acids is 1. The number of hydrogen-bond acceptors (Lipinski definition) is 5. The Kier molecular flexibility index (Phi) is 2.31. The molecule has 1 rings (SSSR count). The highest BCUT2D eigenvalue weighted by molar-refractivity contribution is 5.73. The Bertz CT molecular complexity index is 408. The Balaban J connectivity index is 3.32. The van der Waals surface area contributed by atoms with Crippen molar-refractivity contribution in [1.82, 2.24) is 4.98 Å². The summed E-state index contributed by atoms with van der Waals surface area (Å²) < 4.78 is 0. The van der Waals surface area contributed by atoms with Gasteiger partial charge in [0.15, 0.2) is 6.29 Å². The van der Waals surface area contributed by atoms with Crippen LogP contribution < -0.4 is 0 Å². The van der Waals surface area contributed by atoms with Crippen molar-refractivity contribution in [3.05, 3.63) is 33.6 Å². The summed E-state index contributed by atoms with van der Waals surface area (Å²) in [7, 11) is 0. The molecule has 13 heavy (non-hydrogen) atoms. The summed E-state index contributed by atoms with van der Waals surface area (Å²) >= 11 is 0. The minimum atomic E-state index is -0.685. The van der Waals surface area contributed by atoms with Crippen molar-refractivity contribution < 1.29 is 9.72 Å². The molecule has 0 bridgehead atoms. The van der Waals surface area contributed by atoms with Crippen LogP contribution in [0.4, 0.5) is 5.69 Å². The van der Waals surface area contributed by atoms with Crippen molar-refractivity contribution in [2.45, 2.75) is 0 Å². The van der Waals surface area contributed by atoms with Crippen LogP contribution in [0.3, 0.4) is 0 Å². The normalized spacial score (nSPS) is 8.85. The zero-order valence-electron chi connectivity index (χ0n) is 6.30. The molecule has 0 aliphatic heterocycles. The van der Waals surface area contributed by atoms with Gasteiger partial charge in [-0.3, -0.25) is 14.9 Å². The molecule has 0 radical (unpaired) electrons. The molecule has 0 spiro atoms. The largest absolute Gasteiger partial charge is 0.296 e. The number of nitriles is 1. The summed E-state index contributed by atoms with van der Waals surface area (Å²) in [4.78, 5) is 23.4. The number of pyridine rings is 1. The number of hydrogen-bond donors (Lipinski definition) is 0. The van der Waals surface area contributed by atoms with Gasteiger partial charge in [0.25, 0.3) is 5.69 Å². The topological polar surface area (TPSA) is 96.9 Å². The van der Waals surface area contributed by atoms with E-state index in [9.17, 15) is 14.9 Å². The first-order chi connectivity index (χ1) is 6.17. The van der Waals surface area contributed by atoms with Crippen LogP contribution in [0.15, 0.2) is 12.1 Å². The number of nitrogens with zero attached hydrogens (tertiary/aromatic N) is 3. The molecule has 0 aliphatic carbocycles. The minimum Gasteiger partial charge on any atom is -0.296 e. The summed E-state index contributed by atoms with van der Waals surface area (Å²) in [6.45, 7) is 0. The molecule has 0 saturated carbocycles. The van der Waals surface area contributed by atoms with Gasteiger partial charge in [0.1, 0.15) is 17.5 Å². The third kappa shape index (κ3) is 1.84. The van der Waals surface area contributed by atoms with Gasteiger partial charge in [0.05, 0.1) is 11.0 Å². The van der Waals surface area contributed by atoms with Gasteiger partial charge < -0.3 is 0 Å². The lowest BCUT2D eigenvalue weighted by atomic mass is 10.3. The van der Waals surface area contributed by atoms with Crippen LogP contribution in [0.5, 0.6) is 0 Å². The number of rotatable bonds is 2. The summed E-state index contributed by atoms with van der Waals surface area (Å²) in [5.74, 6) is 0. The highest BCUT2D eigenvalue weighted by Gasteiger charge is 2.09. The van der Waals surface area contributed by atoms with E-state index in [1.165, 1.54) is 0 Å². The summed E-state index contributed by atoms with van der Waals surface area (Å²) in [6.07, 6.45) is 0.355. The van der Waals surface area contributed by atoms with Crippen LogP contribution in [0.2, 0.25) is 0 Å². The van der Waals surface area contributed by atoms with E-state index in [0.29, 0.717) is 6.29 Å². The second kappa shape index (κ2) is 3.40. The smallest absolute Gasteiger partial charge is 0.274 e. The predicted molar refractivity (Wildman–Crippen MR) is 41.0 cm³/mol. The molecule has 0 unspecified atom stereocenters. The van der Waals surface area contributed by atoms with E-state index in [-0.39, 0.29) is 17.1 Å². The van der Waals surface area contributed by atoms with Crippen LogP contribution in [0, 0.1) is 21.4 Å². The minimum absolute atomic E-state index is 0.120. The van der Waals surface area contributed by atoms with E-state index in [0.717, 1.165) is 12.1 Å². The Morgan fingerprint density at radius 1 is 1.62 bits per heavy atom. The lowest BCUT2D eigenvalue weighted by Gasteiger charge is -1.92. The van der Waals surface area contributed by atoms with Crippen LogP contribution in [-0.4, -0.2) is 16.2 Å². The number of aldehydes is 1. The third-order valence-electron chi connectivity index (χ3n) is 1.28. The molecule has 1 heterocycles. The molecule has 6 heteroatoms. The Hall–Kier alpha value is -2.29. The van der Waals surface area contributed by atoms with Gasteiger partial charge in [-0.2, -0.15) is 5.26 Å². The molecule has 0 N–H and O–H groups in total. The molecule has 0 fully saturated rings. The molecular formula is C7H3N3O3. The maximum absolute atomic E-state index is 10.3. The van der Waals surface area contributed by atoms with Gasteiger partial charge in [-0.1, -0.05) is 0 Å². The second-order valence-electron chi connectivity index (χ2n) is 2.12. The fourth-order valence-electron chi connectivity index (χ4n) is 0.760. The van der Waals surface area contributed by atoms with Crippen molar-refractivity contribution in [3.63, 3.8) is 0 Å². The van der Waals surface area contributed by atoms with E-state index >= 15 is 0 Å². The summed E-state index contributed by atoms with van der Waals surface area (Å²) in [6, 6.07) is 3.64. The number of nitro groups is 1. The van der Waals surface area contributed by atoms with E-state index in [1.54, 1.807) is 6.07 Å². The van der Waals surface area contributed by atoms with E-state index in [1.807, 2.05) is 0 Å². The van der Waals surface area contributed by atoms with Crippen molar-refractivity contribution in [2.75, 3.05) is 0 Å². The Morgan fingerprint density at radius 2 is 2.31 bits per heavy atom. The standard InChI is InChI=1S/C7H3N3O3/c8-3-5-1-7(10(12)13)2-6(4-11)9-5/h1-2,4H. The Morgan fingerprint density at radius 3 is 2.77 bits per heavy atom. The van der Waals surface area contributed by atoms with E-state index < -0.39 is 4.92 Å². The molecule has 1 aromatic rings. The van der Waals surface area contributed by atoms with Crippen LogP contribution in [0.25, 0.3) is 0 Å². The molecule has 0 amide bonds. The van der Waals surface area contributed by atoms with Gasteiger partial charge >= 0.3 is 0 Å². The van der Waals surface area contributed by atoms with Crippen molar-refractivity contribution >= 4 is 12.0 Å². The molecule has 0 aliphatic rings. The maximum Gasteiger partial charge on any atom is 0.274 e. The average molecular weight is 177 g/mol. The highest BCUT2D eigenvalue weighted by Crippen LogP contribution is 2.12. The zero-order chi connectivity index (χ0) is 9.84. The molecule has 1 aromatic heterocycles. The fourth-order valence-corrected chi connectivity index (χ4v) is 0.760. The molecule has 0 saturated heterocycles. The fraction of sp³-hybridized carbons (Fsp3) is 0. The lowest BCUT2D eigenvalue weighted by Crippen LogP contribution is -1.95. The quantitative estimate of drug-likeness (QED) is 0.375. The van der Waals surface area contributed by atoms with E-state index in [4.69, 9.17) is 5.26 Å². The van der Waals surface area contributed by atoms with Crippen molar-refractivity contribution in [3.8, 4) is 6.07 Å². The Labute approximate surface area is 72.6 Å². The molecule has 0 atom stereocenters. The van der Waals surface area contributed by atoms with E-state index in [2.05, 4.69) is 4.98 Å². The highest BCUT2D eigenvalue weighted by atomic mass is 16.6. The van der Waals surface area contributed by atoms with Crippen LogP contribution in [-0.2, 0) is 0 Å². The predicted octanol–water partition coefficient (Wildman–Crippen LogP) is 0.674. The van der Waals surface area contributed by atoms with Crippen molar-refractivity contribution in [1.29, 1.82) is 5.26 Å². The molecule has 6 nitrogen and oxygen atoms in total. The summed E-state index contributed by atoms with van der Waals surface area (Å²) in [5, 5.41) is 18.7. The first-order valence-corrected chi connectivity index (χ1v) is 3.19. The third-order valence-corrected chi connectivity index (χ3v) is 1.28. The zero-order valence-corrected chi connectivity index (χ0v) is 6.30. The number of aromatic nitrogens is 1. The average Bonchev–Trinajstić information content (AvgIpc) is 2.16. The first-order valence-electron chi connectivity index (χ1n) is 3.19. The van der Waals surface area contributed by atoms with Gasteiger partial charge in [-0.15, -0.1) is 0 Å². The maximum atomic E-state index is 10.3. The monoisotopic (exact) mass is 177 g/mol. The van der Waals surface area contributed by atoms with Crippen LogP contribution in [0.1, 0.15) is 16.2 Å². The SMILES string of the molecule is N#Cc1cc([N+](=O)[O-])cc(C=O)n1. The van der Waals surface area contributed by atoms with Gasteiger partial charge in [-0.05, 0) is 0 Å². The molecule has 0 aromatic carbocycles. The number of carbonyl (C=O) groups is 1. The van der Waals surface area contributed by atoms with Crippen molar-refractivity contribution in [2.24, 2.45) is 0 Å². The lowest BCUT2D eigenvalue weighted by molar-refractivity contribution is -0.385. The van der Waals surface area contributed by atoms with Crippen LogP contribution >= 0.6 is 0 Å². The van der Waals surface area contributed by atoms with Gasteiger partial charge in [-0.25, -0.2) is 4.98 Å².